The topological polar surface area (TPSA) is 80.3 Å². The van der Waals surface area contributed by atoms with Crippen LogP contribution in [0.25, 0.3) is 0 Å². The van der Waals surface area contributed by atoms with Gasteiger partial charge in [-0.25, -0.2) is 4.79 Å². The van der Waals surface area contributed by atoms with Crippen LogP contribution in [0.2, 0.25) is 5.02 Å². The average molecular weight is 377 g/mol. The maximum Gasteiger partial charge on any atom is 0.338 e. The van der Waals surface area contributed by atoms with Crippen molar-refractivity contribution in [2.45, 2.75) is 0 Å². The molecule has 0 atom stereocenters. The lowest BCUT2D eigenvalue weighted by atomic mass is 10.1. The maximum absolute atomic E-state index is 12.3. The molecule has 0 aliphatic carbocycles. The molecule has 2 aromatic carbocycles. The Morgan fingerprint density at radius 3 is 2.54 bits per heavy atom. The Bertz CT molecular complexity index is 893. The van der Waals surface area contributed by atoms with Gasteiger partial charge in [-0.05, 0) is 30.3 Å². The van der Waals surface area contributed by atoms with E-state index in [1.165, 1.54) is 12.1 Å². The third kappa shape index (κ3) is 3.13. The van der Waals surface area contributed by atoms with Crippen molar-refractivity contribution in [3.63, 3.8) is 0 Å². The van der Waals surface area contributed by atoms with Crippen molar-refractivity contribution in [2.24, 2.45) is 0 Å². The fourth-order valence-corrected chi connectivity index (χ4v) is 2.87. The van der Waals surface area contributed by atoms with E-state index in [2.05, 4.69) is 0 Å². The Morgan fingerprint density at radius 1 is 0.923 bits per heavy atom. The van der Waals surface area contributed by atoms with E-state index in [1.54, 1.807) is 18.2 Å². The van der Waals surface area contributed by atoms with Crippen molar-refractivity contribution < 1.29 is 33.3 Å². The highest BCUT2D eigenvalue weighted by atomic mass is 35.5. The number of fused-ring (bicyclic) bond motifs is 2. The highest BCUT2D eigenvalue weighted by Crippen LogP contribution is 2.40. The van der Waals surface area contributed by atoms with Crippen molar-refractivity contribution >= 4 is 23.4 Å². The third-order valence-electron chi connectivity index (χ3n) is 3.86. The first-order valence-electron chi connectivity index (χ1n) is 7.81. The molecule has 0 aromatic heterocycles. The van der Waals surface area contributed by atoms with E-state index in [0.29, 0.717) is 41.8 Å². The molecule has 0 amide bonds. The van der Waals surface area contributed by atoms with Crippen molar-refractivity contribution in [3.05, 3.63) is 46.5 Å². The summed E-state index contributed by atoms with van der Waals surface area (Å²) in [6.07, 6.45) is 0. The van der Waals surface area contributed by atoms with Gasteiger partial charge >= 0.3 is 5.97 Å². The van der Waals surface area contributed by atoms with Gasteiger partial charge in [-0.1, -0.05) is 11.6 Å². The highest BCUT2D eigenvalue weighted by Gasteiger charge is 2.22. The number of ketones is 1. The number of ether oxygens (including phenoxy) is 5. The summed E-state index contributed by atoms with van der Waals surface area (Å²) in [5, 5.41) is 0.241. The molecule has 0 saturated heterocycles. The van der Waals surface area contributed by atoms with Crippen LogP contribution < -0.4 is 18.9 Å². The molecule has 134 valence electrons. The third-order valence-corrected chi connectivity index (χ3v) is 4.14. The number of carbonyl (C=O) groups excluding carboxylic acids is 2. The Kier molecular flexibility index (Phi) is 4.30. The predicted molar refractivity (Wildman–Crippen MR) is 89.6 cm³/mol. The summed E-state index contributed by atoms with van der Waals surface area (Å²) in [5.41, 5.74) is 0.542. The van der Waals surface area contributed by atoms with Gasteiger partial charge in [-0.3, -0.25) is 4.79 Å². The summed E-state index contributed by atoms with van der Waals surface area (Å²) in [6.45, 7) is 0.515. The van der Waals surface area contributed by atoms with Crippen LogP contribution in [0.4, 0.5) is 0 Å². The molecular weight excluding hydrogens is 364 g/mol. The molecule has 0 radical (unpaired) electrons. The molecule has 26 heavy (non-hydrogen) atoms. The van der Waals surface area contributed by atoms with Gasteiger partial charge in [0.2, 0.25) is 6.79 Å². The van der Waals surface area contributed by atoms with E-state index >= 15 is 0 Å². The predicted octanol–water partition coefficient (Wildman–Crippen LogP) is 2.88. The van der Waals surface area contributed by atoms with Crippen LogP contribution in [0, 0.1) is 0 Å². The number of rotatable bonds is 4. The van der Waals surface area contributed by atoms with Gasteiger partial charge in [0.1, 0.15) is 13.2 Å². The number of halogens is 1. The number of carbonyl (C=O) groups is 2. The lowest BCUT2D eigenvalue weighted by Crippen LogP contribution is -2.17. The molecule has 4 rings (SSSR count). The largest absolute Gasteiger partial charge is 0.486 e. The molecule has 0 saturated carbocycles. The van der Waals surface area contributed by atoms with Crippen LogP contribution in [0.5, 0.6) is 23.0 Å². The molecule has 0 bridgehead atoms. The summed E-state index contributed by atoms with van der Waals surface area (Å²) < 4.78 is 26.3. The van der Waals surface area contributed by atoms with Crippen molar-refractivity contribution in [2.75, 3.05) is 26.6 Å². The Balaban J connectivity index is 1.43. The molecule has 0 fully saturated rings. The van der Waals surface area contributed by atoms with Crippen LogP contribution in [0.3, 0.4) is 0 Å². The van der Waals surface area contributed by atoms with Crippen LogP contribution in [0.1, 0.15) is 20.7 Å². The number of esters is 1. The second-order valence-corrected chi connectivity index (χ2v) is 5.96. The molecule has 2 aliphatic heterocycles. The van der Waals surface area contributed by atoms with Gasteiger partial charge in [0, 0.05) is 5.56 Å². The van der Waals surface area contributed by atoms with Gasteiger partial charge in [-0.15, -0.1) is 0 Å². The number of hydrogen-bond donors (Lipinski definition) is 0. The molecule has 0 spiro atoms. The van der Waals surface area contributed by atoms with Crippen molar-refractivity contribution in [3.8, 4) is 23.0 Å². The quantitative estimate of drug-likeness (QED) is 0.599. The van der Waals surface area contributed by atoms with Gasteiger partial charge < -0.3 is 23.7 Å². The van der Waals surface area contributed by atoms with Crippen LogP contribution >= 0.6 is 11.6 Å². The second kappa shape index (κ2) is 6.76. The molecule has 2 aliphatic rings. The van der Waals surface area contributed by atoms with E-state index < -0.39 is 12.6 Å². The molecular formula is C18H13ClO7. The molecule has 7 nitrogen and oxygen atoms in total. The van der Waals surface area contributed by atoms with Crippen molar-refractivity contribution in [1.29, 1.82) is 0 Å². The van der Waals surface area contributed by atoms with E-state index in [0.717, 1.165) is 0 Å². The number of hydrogen-bond acceptors (Lipinski definition) is 7. The minimum atomic E-state index is -0.684. The zero-order valence-corrected chi connectivity index (χ0v) is 14.2. The summed E-state index contributed by atoms with van der Waals surface area (Å²) in [4.78, 5) is 24.5. The average Bonchev–Trinajstić information content (AvgIpc) is 3.14. The summed E-state index contributed by atoms with van der Waals surface area (Å²) in [6, 6.07) is 7.70. The van der Waals surface area contributed by atoms with Gasteiger partial charge in [-0.2, -0.15) is 0 Å². The monoisotopic (exact) mass is 376 g/mol. The Morgan fingerprint density at radius 2 is 1.69 bits per heavy atom. The van der Waals surface area contributed by atoms with E-state index in [1.807, 2.05) is 0 Å². The smallest absolute Gasteiger partial charge is 0.338 e. The van der Waals surface area contributed by atoms with Crippen LogP contribution in [-0.4, -0.2) is 38.4 Å². The van der Waals surface area contributed by atoms with E-state index in [9.17, 15) is 9.59 Å². The SMILES string of the molecule is O=C(COC(=O)c1cc(Cl)c2c(c1)OCO2)c1ccc2c(c1)OCCO2. The fourth-order valence-electron chi connectivity index (χ4n) is 2.60. The minimum Gasteiger partial charge on any atom is -0.486 e. The highest BCUT2D eigenvalue weighted by molar-refractivity contribution is 6.32. The Hall–Kier alpha value is -2.93. The van der Waals surface area contributed by atoms with Gasteiger partial charge in [0.05, 0.1) is 10.6 Å². The Labute approximate surface area is 153 Å². The summed E-state index contributed by atoms with van der Waals surface area (Å²) >= 11 is 6.04. The zero-order chi connectivity index (χ0) is 18.1. The molecule has 2 heterocycles. The number of Topliss-reactive ketones (excluding diaryl/α,β-unsaturated/α-hetero) is 1. The molecule has 0 unspecified atom stereocenters. The molecule has 2 aromatic rings. The van der Waals surface area contributed by atoms with E-state index in [4.69, 9.17) is 35.3 Å². The summed E-state index contributed by atoms with van der Waals surface area (Å²) in [5.74, 6) is 0.784. The fraction of sp³-hybridized carbons (Fsp3) is 0.222. The van der Waals surface area contributed by atoms with Gasteiger partial charge in [0.25, 0.3) is 0 Å². The first kappa shape index (κ1) is 16.5. The first-order chi connectivity index (χ1) is 12.6. The maximum atomic E-state index is 12.3. The van der Waals surface area contributed by atoms with Crippen LogP contribution in [-0.2, 0) is 4.74 Å². The lowest BCUT2D eigenvalue weighted by molar-refractivity contribution is 0.0474. The minimum absolute atomic E-state index is 0.0379. The standard InChI is InChI=1S/C18H13ClO7/c19-12-5-11(7-16-17(12)26-9-25-16)18(21)24-8-13(20)10-1-2-14-15(6-10)23-4-3-22-14/h1-2,5-7H,3-4,8-9H2. The summed E-state index contributed by atoms with van der Waals surface area (Å²) in [7, 11) is 0. The second-order valence-electron chi connectivity index (χ2n) is 5.55. The zero-order valence-electron chi connectivity index (χ0n) is 13.5. The normalized spacial score (nSPS) is 14.0. The molecule has 0 N–H and O–H groups in total. The van der Waals surface area contributed by atoms with Crippen LogP contribution in [0.15, 0.2) is 30.3 Å². The first-order valence-corrected chi connectivity index (χ1v) is 8.19. The van der Waals surface area contributed by atoms with Gasteiger partial charge in [0.15, 0.2) is 35.4 Å². The van der Waals surface area contributed by atoms with Crippen molar-refractivity contribution in [1.82, 2.24) is 0 Å². The van der Waals surface area contributed by atoms with E-state index in [-0.39, 0.29) is 23.2 Å². The molecule has 8 heteroatoms. The number of benzene rings is 2. The lowest BCUT2D eigenvalue weighted by Gasteiger charge is -2.18.